The summed E-state index contributed by atoms with van der Waals surface area (Å²) in [6.07, 6.45) is 5.03. The highest BCUT2D eigenvalue weighted by Crippen LogP contribution is 2.54. The first-order chi connectivity index (χ1) is 16.9. The molecule has 0 aromatic heterocycles. The molecule has 2 aromatic rings. The maximum Gasteiger partial charge on any atom is 0.240 e. The van der Waals surface area contributed by atoms with E-state index in [1.807, 2.05) is 0 Å². The molecule has 13 heteroatoms. The third-order valence-corrected chi connectivity index (χ3v) is 11.1. The summed E-state index contributed by atoms with van der Waals surface area (Å²) in [7, 11) is -10.4. The number of anilines is 2. The van der Waals surface area contributed by atoms with Crippen LogP contribution >= 0.6 is 7.14 Å². The van der Waals surface area contributed by atoms with Crippen LogP contribution in [0.3, 0.4) is 0 Å². The fourth-order valence-electron chi connectivity index (χ4n) is 4.90. The second-order valence-electron chi connectivity index (χ2n) is 9.30. The second kappa shape index (κ2) is 10.2. The zero-order valence-corrected chi connectivity index (χ0v) is 22.7. The highest BCUT2D eigenvalue weighted by Gasteiger charge is 2.46. The summed E-state index contributed by atoms with van der Waals surface area (Å²) in [5, 5.41) is 4.22. The molecule has 2 aliphatic rings. The normalized spacial score (nSPS) is 20.9. The lowest BCUT2D eigenvalue weighted by atomic mass is 10.2. The monoisotopic (exact) mass is 554 g/mol. The average Bonchev–Trinajstić information content (AvgIpc) is 3.50. The number of likely N-dealkylation sites (tertiary alicyclic amines) is 1. The van der Waals surface area contributed by atoms with E-state index in [-0.39, 0.29) is 11.9 Å². The fourth-order valence-corrected chi connectivity index (χ4v) is 9.37. The van der Waals surface area contributed by atoms with Crippen molar-refractivity contribution in [2.24, 2.45) is 0 Å². The van der Waals surface area contributed by atoms with Crippen molar-refractivity contribution in [3.8, 4) is 0 Å². The summed E-state index contributed by atoms with van der Waals surface area (Å²) >= 11 is 0. The SMILES string of the molecule is CS(=O)(=O)Nc1ccc(P(=O)(c2ccc(NS(C)(=O)=O)cc2)C2CCCN2C(=O)[C@@H]2CCCN2)cc1. The van der Waals surface area contributed by atoms with Gasteiger partial charge in [0.15, 0.2) is 7.14 Å². The van der Waals surface area contributed by atoms with E-state index in [0.29, 0.717) is 41.4 Å². The number of rotatable bonds is 8. The van der Waals surface area contributed by atoms with Crippen molar-refractivity contribution in [3.63, 3.8) is 0 Å². The van der Waals surface area contributed by atoms with Crippen molar-refractivity contribution in [1.82, 2.24) is 10.2 Å². The van der Waals surface area contributed by atoms with Gasteiger partial charge >= 0.3 is 0 Å². The number of nitrogens with one attached hydrogen (secondary N) is 3. The van der Waals surface area contributed by atoms with Crippen LogP contribution in [0.5, 0.6) is 0 Å². The van der Waals surface area contributed by atoms with E-state index in [4.69, 9.17) is 0 Å². The Bertz CT molecular complexity index is 1290. The van der Waals surface area contributed by atoms with Crippen molar-refractivity contribution in [2.45, 2.75) is 37.5 Å². The molecule has 0 aliphatic carbocycles. The van der Waals surface area contributed by atoms with Crippen LogP contribution < -0.4 is 25.4 Å². The molecule has 2 atom stereocenters. The molecule has 0 radical (unpaired) electrons. The van der Waals surface area contributed by atoms with Crippen LogP contribution in [0, 0.1) is 0 Å². The number of hydrogen-bond acceptors (Lipinski definition) is 7. The smallest absolute Gasteiger partial charge is 0.240 e. The highest BCUT2D eigenvalue weighted by molar-refractivity contribution is 7.92. The lowest BCUT2D eigenvalue weighted by Crippen LogP contribution is -2.47. The van der Waals surface area contributed by atoms with Crippen molar-refractivity contribution in [3.05, 3.63) is 48.5 Å². The molecule has 2 saturated heterocycles. The Kier molecular flexibility index (Phi) is 7.52. The van der Waals surface area contributed by atoms with E-state index < -0.39 is 33.0 Å². The predicted molar refractivity (Wildman–Crippen MR) is 142 cm³/mol. The summed E-state index contributed by atoms with van der Waals surface area (Å²) in [5.74, 6) is -0.615. The maximum absolute atomic E-state index is 15.0. The average molecular weight is 555 g/mol. The standard InChI is InChI=1S/C23H31N4O6PS2/c1-35(30,31)25-17-7-11-19(12-8-17)34(29,20-13-9-18(10-14-20)26-36(2,32)33)22-6-4-16-27(22)23(28)21-5-3-15-24-21/h7-14,21-22,24-26H,3-6,15-16H2,1-2H3/t21-,22?/m0/s1. The molecule has 4 rings (SSSR count). The van der Waals surface area contributed by atoms with Gasteiger partial charge < -0.3 is 14.8 Å². The predicted octanol–water partition coefficient (Wildman–Crippen LogP) is 1.44. The molecule has 196 valence electrons. The molecule has 2 aliphatic heterocycles. The summed E-state index contributed by atoms with van der Waals surface area (Å²) in [4.78, 5) is 15.1. The van der Waals surface area contributed by atoms with Gasteiger partial charge in [-0.05, 0) is 80.8 Å². The van der Waals surface area contributed by atoms with Crippen molar-refractivity contribution >= 4 is 55.1 Å². The summed E-state index contributed by atoms with van der Waals surface area (Å²) in [5.41, 5.74) is 0.685. The van der Waals surface area contributed by atoms with Crippen LogP contribution in [0.2, 0.25) is 0 Å². The molecular formula is C23H31N4O6PS2. The van der Waals surface area contributed by atoms with E-state index in [9.17, 15) is 21.6 Å². The number of hydrogen-bond donors (Lipinski definition) is 3. The van der Waals surface area contributed by atoms with Crippen LogP contribution in [0.1, 0.15) is 25.7 Å². The number of benzene rings is 2. The third kappa shape index (κ3) is 5.94. The largest absolute Gasteiger partial charge is 0.331 e. The second-order valence-corrected chi connectivity index (χ2v) is 15.7. The van der Waals surface area contributed by atoms with Gasteiger partial charge in [-0.1, -0.05) is 0 Å². The van der Waals surface area contributed by atoms with Crippen molar-refractivity contribution < 1.29 is 26.2 Å². The quantitative estimate of drug-likeness (QED) is 0.419. The number of carbonyl (C=O) groups is 1. The van der Waals surface area contributed by atoms with Gasteiger partial charge in [-0.2, -0.15) is 0 Å². The molecule has 10 nitrogen and oxygen atoms in total. The minimum atomic E-state index is -3.48. The lowest BCUT2D eigenvalue weighted by Gasteiger charge is -2.34. The Morgan fingerprint density at radius 3 is 1.78 bits per heavy atom. The van der Waals surface area contributed by atoms with E-state index in [1.165, 1.54) is 0 Å². The zero-order chi connectivity index (χ0) is 26.1. The Morgan fingerprint density at radius 2 is 1.36 bits per heavy atom. The Morgan fingerprint density at radius 1 is 0.861 bits per heavy atom. The molecule has 2 heterocycles. The molecule has 2 aromatic carbocycles. The first-order valence-electron chi connectivity index (χ1n) is 11.7. The van der Waals surface area contributed by atoms with Crippen molar-refractivity contribution in [1.29, 1.82) is 0 Å². The van der Waals surface area contributed by atoms with Crippen LogP contribution in [0.15, 0.2) is 48.5 Å². The molecule has 1 amide bonds. The molecule has 0 saturated carbocycles. The summed E-state index contributed by atoms with van der Waals surface area (Å²) in [6, 6.07) is 12.5. The third-order valence-electron chi connectivity index (χ3n) is 6.39. The first-order valence-corrected chi connectivity index (χ1v) is 17.2. The number of carbonyl (C=O) groups excluding carboxylic acids is 1. The molecule has 1 unspecified atom stereocenters. The molecule has 36 heavy (non-hydrogen) atoms. The highest BCUT2D eigenvalue weighted by atomic mass is 32.2. The number of nitrogens with zero attached hydrogens (tertiary/aromatic N) is 1. The van der Waals surface area contributed by atoms with Crippen molar-refractivity contribution in [2.75, 3.05) is 35.0 Å². The van der Waals surface area contributed by atoms with E-state index in [2.05, 4.69) is 14.8 Å². The Labute approximate surface area is 212 Å². The molecular weight excluding hydrogens is 523 g/mol. The molecule has 0 spiro atoms. The Balaban J connectivity index is 1.76. The summed E-state index contributed by atoms with van der Waals surface area (Å²) < 4.78 is 66.4. The van der Waals surface area contributed by atoms with Crippen LogP contribution in [0.4, 0.5) is 11.4 Å². The topological polar surface area (TPSA) is 142 Å². The Hall–Kier alpha value is -2.40. The molecule has 2 fully saturated rings. The maximum atomic E-state index is 15.0. The van der Waals surface area contributed by atoms with Crippen LogP contribution in [-0.4, -0.2) is 65.1 Å². The van der Waals surface area contributed by atoms with Gasteiger partial charge in [0.25, 0.3) is 0 Å². The van der Waals surface area contributed by atoms with E-state index in [0.717, 1.165) is 31.9 Å². The van der Waals surface area contributed by atoms with E-state index >= 15 is 4.57 Å². The zero-order valence-electron chi connectivity index (χ0n) is 20.2. The fraction of sp³-hybridized carbons (Fsp3) is 0.435. The lowest BCUT2D eigenvalue weighted by molar-refractivity contribution is -0.132. The molecule has 0 bridgehead atoms. The van der Waals surface area contributed by atoms with Gasteiger partial charge in [0, 0.05) is 28.5 Å². The van der Waals surface area contributed by atoms with Gasteiger partial charge in [-0.3, -0.25) is 14.2 Å². The first kappa shape index (κ1) is 26.7. The number of sulfonamides is 2. The van der Waals surface area contributed by atoms with Crippen LogP contribution in [0.25, 0.3) is 0 Å². The molecule has 3 N–H and O–H groups in total. The van der Waals surface area contributed by atoms with Gasteiger partial charge in [-0.15, -0.1) is 0 Å². The number of amides is 1. The summed E-state index contributed by atoms with van der Waals surface area (Å²) in [6.45, 7) is 1.28. The minimum Gasteiger partial charge on any atom is -0.331 e. The van der Waals surface area contributed by atoms with Gasteiger partial charge in [0.2, 0.25) is 26.0 Å². The van der Waals surface area contributed by atoms with Gasteiger partial charge in [0.1, 0.15) is 0 Å². The van der Waals surface area contributed by atoms with Gasteiger partial charge in [-0.25, -0.2) is 16.8 Å². The minimum absolute atomic E-state index is 0.0547. The van der Waals surface area contributed by atoms with E-state index in [1.54, 1.807) is 53.4 Å². The van der Waals surface area contributed by atoms with Crippen LogP contribution in [-0.2, 0) is 29.4 Å². The van der Waals surface area contributed by atoms with Gasteiger partial charge in [0.05, 0.1) is 24.3 Å².